The molecule has 2 nitrogen and oxygen atoms in total. The van der Waals surface area contributed by atoms with Gasteiger partial charge in [0, 0.05) is 12.7 Å². The first-order valence-corrected chi connectivity index (χ1v) is 4.27. The van der Waals surface area contributed by atoms with Crippen molar-refractivity contribution in [2.45, 2.75) is 6.54 Å². The Morgan fingerprint density at radius 1 is 1.33 bits per heavy atom. The van der Waals surface area contributed by atoms with Crippen LogP contribution in [-0.2, 0) is 6.54 Å². The van der Waals surface area contributed by atoms with Crippen LogP contribution < -0.4 is 51.4 Å². The molecule has 0 radical (unpaired) electrons. The molecule has 0 aliphatic rings. The molecule has 0 saturated carbocycles. The van der Waals surface area contributed by atoms with Crippen molar-refractivity contribution in [3.63, 3.8) is 0 Å². The molecule has 78 valence electrons. The zero-order valence-corrected chi connectivity index (χ0v) is 12.0. The van der Waals surface area contributed by atoms with E-state index in [1.54, 1.807) is 24.4 Å². The Kier molecular flexibility index (Phi) is 7.31. The number of halogens is 3. The summed E-state index contributed by atoms with van der Waals surface area (Å²) in [5.41, 5.74) is 0.648. The maximum absolute atomic E-state index is 12.0. The Morgan fingerprint density at radius 3 is 2.47 bits per heavy atom. The Morgan fingerprint density at radius 2 is 2.00 bits per heavy atom. The molecule has 7 heteroatoms. The van der Waals surface area contributed by atoms with E-state index in [0.717, 1.165) is 0 Å². The summed E-state index contributed by atoms with van der Waals surface area (Å²) in [6, 6.07) is 5.20. The molecule has 15 heavy (non-hydrogen) atoms. The fourth-order valence-corrected chi connectivity index (χ4v) is 1.19. The molecular formula is C8H11BF3KN2. The molecule has 1 aromatic heterocycles. The van der Waals surface area contributed by atoms with Crippen LogP contribution in [0, 0.1) is 0 Å². The molecular weight excluding hydrogens is 231 g/mol. The van der Waals surface area contributed by atoms with Gasteiger partial charge in [-0.2, -0.15) is 0 Å². The van der Waals surface area contributed by atoms with Crippen LogP contribution in [0.25, 0.3) is 0 Å². The van der Waals surface area contributed by atoms with Gasteiger partial charge in [0.25, 0.3) is 0 Å². The summed E-state index contributed by atoms with van der Waals surface area (Å²) in [6.07, 6.45) is 0.721. The second-order valence-corrected chi connectivity index (χ2v) is 3.23. The van der Waals surface area contributed by atoms with E-state index in [-0.39, 0.29) is 57.9 Å². The fourth-order valence-electron chi connectivity index (χ4n) is 1.19. The number of hydrogen-bond acceptors (Lipinski definition) is 2. The first kappa shape index (κ1) is 15.6. The van der Waals surface area contributed by atoms with Gasteiger partial charge in [-0.05, 0) is 25.6 Å². The Hall–Kier alpha value is 0.601. The summed E-state index contributed by atoms with van der Waals surface area (Å²) in [7, 11) is 1.43. The fraction of sp³-hybridized carbons (Fsp3) is 0.375. The van der Waals surface area contributed by atoms with Crippen LogP contribution in [0.2, 0.25) is 0 Å². The van der Waals surface area contributed by atoms with Crippen molar-refractivity contribution in [1.82, 2.24) is 9.88 Å². The van der Waals surface area contributed by atoms with E-state index >= 15 is 0 Å². The van der Waals surface area contributed by atoms with E-state index in [0.29, 0.717) is 5.69 Å². The van der Waals surface area contributed by atoms with Crippen LogP contribution in [-0.4, -0.2) is 30.4 Å². The van der Waals surface area contributed by atoms with Crippen molar-refractivity contribution >= 4 is 6.98 Å². The SMILES string of the molecule is CN(Cc1ccccn1)C[B-](F)(F)F.[K+]. The van der Waals surface area contributed by atoms with E-state index < -0.39 is 13.4 Å². The van der Waals surface area contributed by atoms with E-state index in [2.05, 4.69) is 4.98 Å². The number of aromatic nitrogens is 1. The molecule has 0 N–H and O–H groups in total. The summed E-state index contributed by atoms with van der Waals surface area (Å²) < 4.78 is 36.0. The normalized spacial score (nSPS) is 11.3. The molecule has 1 rings (SSSR count). The summed E-state index contributed by atoms with van der Waals surface area (Å²) in [5, 5.41) is 0. The quantitative estimate of drug-likeness (QED) is 0.623. The van der Waals surface area contributed by atoms with Crippen LogP contribution in [0.3, 0.4) is 0 Å². The predicted molar refractivity (Wildman–Crippen MR) is 49.6 cm³/mol. The molecule has 0 aliphatic heterocycles. The third-order valence-corrected chi connectivity index (χ3v) is 1.68. The summed E-state index contributed by atoms with van der Waals surface area (Å²) in [6.45, 7) is -4.52. The van der Waals surface area contributed by atoms with E-state index in [1.165, 1.54) is 11.9 Å². The molecule has 1 aromatic rings. The minimum Gasteiger partial charge on any atom is -0.448 e. The van der Waals surface area contributed by atoms with Gasteiger partial charge < -0.3 is 17.8 Å². The predicted octanol–water partition coefficient (Wildman–Crippen LogP) is -1.10. The molecule has 0 fully saturated rings. The number of hydrogen-bond donors (Lipinski definition) is 0. The largest absolute Gasteiger partial charge is 1.00 e. The van der Waals surface area contributed by atoms with Gasteiger partial charge >= 0.3 is 58.4 Å². The van der Waals surface area contributed by atoms with Gasteiger partial charge in [0.1, 0.15) is 0 Å². The average molecular weight is 242 g/mol. The average Bonchev–Trinajstić information content (AvgIpc) is 2.02. The van der Waals surface area contributed by atoms with Crippen LogP contribution in [0.5, 0.6) is 0 Å². The van der Waals surface area contributed by atoms with Crippen LogP contribution >= 0.6 is 0 Å². The number of pyridine rings is 1. The van der Waals surface area contributed by atoms with Crippen molar-refractivity contribution < 1.29 is 64.3 Å². The maximum atomic E-state index is 12.0. The van der Waals surface area contributed by atoms with Gasteiger partial charge in [-0.15, -0.1) is 0 Å². The molecule has 0 bridgehead atoms. The summed E-state index contributed by atoms with van der Waals surface area (Å²) in [5.74, 6) is 0. The molecule has 0 unspecified atom stereocenters. The molecule has 0 aliphatic carbocycles. The van der Waals surface area contributed by atoms with E-state index in [4.69, 9.17) is 0 Å². The molecule has 0 saturated heterocycles. The van der Waals surface area contributed by atoms with Crippen molar-refractivity contribution in [2.75, 3.05) is 13.5 Å². The zero-order valence-electron chi connectivity index (χ0n) is 8.83. The first-order chi connectivity index (χ1) is 6.47. The minimum atomic E-state index is -4.75. The Balaban J connectivity index is 0.00000196. The molecule has 0 amide bonds. The van der Waals surface area contributed by atoms with E-state index in [1.807, 2.05) is 0 Å². The third kappa shape index (κ3) is 7.48. The van der Waals surface area contributed by atoms with Crippen molar-refractivity contribution in [3.8, 4) is 0 Å². The molecule has 0 aromatic carbocycles. The van der Waals surface area contributed by atoms with Gasteiger partial charge in [-0.3, -0.25) is 4.98 Å². The van der Waals surface area contributed by atoms with Crippen molar-refractivity contribution in [3.05, 3.63) is 30.1 Å². The van der Waals surface area contributed by atoms with Gasteiger partial charge in [-0.1, -0.05) is 6.07 Å². The second-order valence-electron chi connectivity index (χ2n) is 3.23. The topological polar surface area (TPSA) is 16.1 Å². The summed E-state index contributed by atoms with van der Waals surface area (Å²) in [4.78, 5) is 5.16. The second kappa shape index (κ2) is 7.03. The minimum absolute atomic E-state index is 0. The van der Waals surface area contributed by atoms with Crippen LogP contribution in [0.4, 0.5) is 12.9 Å². The van der Waals surface area contributed by atoms with Crippen molar-refractivity contribution in [2.24, 2.45) is 0 Å². The molecule has 1 heterocycles. The zero-order chi connectivity index (χ0) is 10.6. The Bertz CT molecular complexity index is 281. The number of nitrogens with zero attached hydrogens (tertiary/aromatic N) is 2. The van der Waals surface area contributed by atoms with Gasteiger partial charge in [0.2, 0.25) is 0 Å². The molecule has 0 spiro atoms. The standard InChI is InChI=1S/C8H11BF3N2.K/c1-14(7-9(10,11)12)6-8-4-2-3-5-13-8;/h2-5H,6-7H2,1H3;/q-1;+1. The first-order valence-electron chi connectivity index (χ1n) is 4.27. The monoisotopic (exact) mass is 242 g/mol. The molecule has 0 atom stereocenters. The van der Waals surface area contributed by atoms with Gasteiger partial charge in [0.05, 0.1) is 5.69 Å². The van der Waals surface area contributed by atoms with Gasteiger partial charge in [-0.25, -0.2) is 0 Å². The van der Waals surface area contributed by atoms with Crippen LogP contribution in [0.15, 0.2) is 24.4 Å². The maximum Gasteiger partial charge on any atom is 1.00 e. The summed E-state index contributed by atoms with van der Waals surface area (Å²) >= 11 is 0. The Labute approximate surface area is 130 Å². The van der Waals surface area contributed by atoms with Crippen molar-refractivity contribution in [1.29, 1.82) is 0 Å². The van der Waals surface area contributed by atoms with Crippen LogP contribution in [0.1, 0.15) is 5.69 Å². The van der Waals surface area contributed by atoms with Gasteiger partial charge in [0.15, 0.2) is 0 Å². The smallest absolute Gasteiger partial charge is 0.448 e. The number of rotatable bonds is 4. The van der Waals surface area contributed by atoms with E-state index in [9.17, 15) is 12.9 Å². The third-order valence-electron chi connectivity index (χ3n) is 1.68.